The Balaban J connectivity index is 1.47. The zero-order valence-corrected chi connectivity index (χ0v) is 22.8. The Kier molecular flexibility index (Phi) is 8.97. The molecule has 0 aliphatic carbocycles. The molecule has 3 amide bonds. The van der Waals surface area contributed by atoms with Crippen LogP contribution < -0.4 is 16.4 Å². The third-order valence-electron chi connectivity index (χ3n) is 6.71. The Morgan fingerprint density at radius 3 is 2.39 bits per heavy atom. The number of amides is 3. The largest absolute Gasteiger partial charge is 0.397 e. The Morgan fingerprint density at radius 2 is 1.74 bits per heavy atom. The van der Waals surface area contributed by atoms with Gasteiger partial charge in [0.1, 0.15) is 0 Å². The second kappa shape index (κ2) is 12.6. The van der Waals surface area contributed by atoms with E-state index in [4.69, 9.17) is 5.73 Å². The van der Waals surface area contributed by atoms with Gasteiger partial charge in [0.25, 0.3) is 0 Å². The summed E-state index contributed by atoms with van der Waals surface area (Å²) in [6.07, 6.45) is 4.69. The van der Waals surface area contributed by atoms with Crippen molar-refractivity contribution in [3.05, 3.63) is 94.5 Å². The number of halogens is 1. The van der Waals surface area contributed by atoms with Gasteiger partial charge in [0.15, 0.2) is 0 Å². The molecule has 1 aliphatic heterocycles. The number of nitrogens with zero attached hydrogens (tertiary/aromatic N) is 1. The number of rotatable bonds is 8. The van der Waals surface area contributed by atoms with E-state index in [2.05, 4.69) is 26.6 Å². The number of hydrogen-bond acceptors (Lipinski definition) is 4. The number of anilines is 3. The van der Waals surface area contributed by atoms with Crippen LogP contribution in [0.3, 0.4) is 0 Å². The lowest BCUT2D eigenvalue weighted by atomic mass is 9.87. The molecule has 1 saturated heterocycles. The average molecular weight is 576 g/mol. The van der Waals surface area contributed by atoms with Crippen LogP contribution in [-0.2, 0) is 14.4 Å². The molecule has 0 bridgehead atoms. The van der Waals surface area contributed by atoms with Crippen molar-refractivity contribution >= 4 is 56.8 Å². The van der Waals surface area contributed by atoms with Gasteiger partial charge in [0, 0.05) is 36.2 Å². The van der Waals surface area contributed by atoms with Crippen molar-refractivity contribution in [3.8, 4) is 0 Å². The summed E-state index contributed by atoms with van der Waals surface area (Å²) in [5.41, 5.74) is 9.40. The van der Waals surface area contributed by atoms with Crippen LogP contribution in [0.5, 0.6) is 0 Å². The number of nitrogens with one attached hydrogen (secondary N) is 2. The molecule has 1 aliphatic rings. The fourth-order valence-electron chi connectivity index (χ4n) is 4.60. The molecule has 7 nitrogen and oxygen atoms in total. The molecule has 8 heteroatoms. The van der Waals surface area contributed by atoms with E-state index in [9.17, 15) is 14.4 Å². The number of likely N-dealkylation sites (tertiary alicyclic amines) is 1. The molecule has 1 heterocycles. The fourth-order valence-corrected chi connectivity index (χ4v) is 4.86. The summed E-state index contributed by atoms with van der Waals surface area (Å²) >= 11 is 3.42. The smallest absolute Gasteiger partial charge is 0.248 e. The molecule has 2 unspecified atom stereocenters. The van der Waals surface area contributed by atoms with Gasteiger partial charge in [-0.1, -0.05) is 52.3 Å². The lowest BCUT2D eigenvalue weighted by molar-refractivity contribution is -0.127. The van der Waals surface area contributed by atoms with Gasteiger partial charge in [0.05, 0.1) is 17.3 Å². The number of carbonyl (C=O) groups excluding carboxylic acids is 3. The molecule has 0 aromatic heterocycles. The van der Waals surface area contributed by atoms with E-state index in [-0.39, 0.29) is 29.6 Å². The topological polar surface area (TPSA) is 105 Å². The van der Waals surface area contributed by atoms with Crippen LogP contribution in [-0.4, -0.2) is 35.7 Å². The second-order valence-electron chi connectivity index (χ2n) is 9.48. The quantitative estimate of drug-likeness (QED) is 0.238. The van der Waals surface area contributed by atoms with Crippen LogP contribution in [0, 0.1) is 5.92 Å². The summed E-state index contributed by atoms with van der Waals surface area (Å²) in [4.78, 5) is 39.4. The highest BCUT2D eigenvalue weighted by molar-refractivity contribution is 9.10. The van der Waals surface area contributed by atoms with Crippen LogP contribution >= 0.6 is 15.9 Å². The van der Waals surface area contributed by atoms with Crippen LogP contribution in [0.4, 0.5) is 17.1 Å². The van der Waals surface area contributed by atoms with Gasteiger partial charge >= 0.3 is 0 Å². The number of carbonyl (C=O) groups is 3. The lowest BCUT2D eigenvalue weighted by Gasteiger charge is -2.21. The first-order valence-electron chi connectivity index (χ1n) is 12.5. The van der Waals surface area contributed by atoms with E-state index in [0.717, 1.165) is 34.3 Å². The number of nitrogens with two attached hydrogens (primary N) is 1. The van der Waals surface area contributed by atoms with Crippen LogP contribution in [0.15, 0.2) is 83.3 Å². The maximum absolute atomic E-state index is 13.4. The Hall–Kier alpha value is -3.91. The molecular weight excluding hydrogens is 544 g/mol. The molecule has 3 aromatic carbocycles. The Morgan fingerprint density at radius 1 is 1.03 bits per heavy atom. The first-order chi connectivity index (χ1) is 18.3. The van der Waals surface area contributed by atoms with Crippen molar-refractivity contribution in [1.29, 1.82) is 0 Å². The summed E-state index contributed by atoms with van der Waals surface area (Å²) in [7, 11) is 0. The molecule has 0 radical (unpaired) electrons. The summed E-state index contributed by atoms with van der Waals surface area (Å²) in [6.45, 7) is 2.97. The molecule has 4 N–H and O–H groups in total. The zero-order valence-electron chi connectivity index (χ0n) is 21.2. The minimum atomic E-state index is -0.377. The molecule has 196 valence electrons. The fraction of sp³-hybridized carbons (Fsp3) is 0.233. The van der Waals surface area contributed by atoms with Gasteiger partial charge in [0.2, 0.25) is 17.7 Å². The van der Waals surface area contributed by atoms with E-state index >= 15 is 0 Å². The number of benzene rings is 3. The van der Waals surface area contributed by atoms with E-state index in [1.165, 1.54) is 6.08 Å². The predicted octanol–water partition coefficient (Wildman–Crippen LogP) is 5.66. The number of para-hydroxylation sites is 2. The zero-order chi connectivity index (χ0) is 27.1. The van der Waals surface area contributed by atoms with Gasteiger partial charge in [-0.25, -0.2) is 0 Å². The summed E-state index contributed by atoms with van der Waals surface area (Å²) < 4.78 is 0.937. The molecule has 0 saturated carbocycles. The van der Waals surface area contributed by atoms with Crippen molar-refractivity contribution in [2.45, 2.75) is 25.7 Å². The van der Waals surface area contributed by atoms with E-state index in [1.54, 1.807) is 37.3 Å². The Labute approximate surface area is 231 Å². The third kappa shape index (κ3) is 7.32. The first kappa shape index (κ1) is 27.1. The molecule has 2 atom stereocenters. The van der Waals surface area contributed by atoms with E-state index in [0.29, 0.717) is 24.3 Å². The predicted molar refractivity (Wildman–Crippen MR) is 155 cm³/mol. The van der Waals surface area contributed by atoms with Gasteiger partial charge < -0.3 is 21.3 Å². The van der Waals surface area contributed by atoms with E-state index in [1.807, 2.05) is 53.4 Å². The SMILES string of the molecule is CC(=O)N1CCC(CC(C(=O)Nc2ccc(Br)cc2)c2ccc(C=CC(=O)Nc3ccccc3N)cc2)C1. The Bertz CT molecular complexity index is 1320. The maximum Gasteiger partial charge on any atom is 0.248 e. The lowest BCUT2D eigenvalue weighted by Crippen LogP contribution is -2.27. The van der Waals surface area contributed by atoms with Gasteiger partial charge in [-0.05, 0) is 72.4 Å². The van der Waals surface area contributed by atoms with Gasteiger partial charge in [-0.3, -0.25) is 14.4 Å². The maximum atomic E-state index is 13.4. The first-order valence-corrected chi connectivity index (χ1v) is 13.3. The van der Waals surface area contributed by atoms with Crippen LogP contribution in [0.2, 0.25) is 0 Å². The van der Waals surface area contributed by atoms with E-state index < -0.39 is 0 Å². The summed E-state index contributed by atoms with van der Waals surface area (Å²) in [5, 5.41) is 5.81. The van der Waals surface area contributed by atoms with Gasteiger partial charge in [-0.2, -0.15) is 0 Å². The summed E-state index contributed by atoms with van der Waals surface area (Å²) in [6, 6.07) is 22.2. The minimum Gasteiger partial charge on any atom is -0.397 e. The van der Waals surface area contributed by atoms with Crippen molar-refractivity contribution in [3.63, 3.8) is 0 Å². The molecule has 3 aromatic rings. The van der Waals surface area contributed by atoms with Crippen molar-refractivity contribution in [2.24, 2.45) is 5.92 Å². The minimum absolute atomic E-state index is 0.0680. The van der Waals surface area contributed by atoms with Crippen LogP contribution in [0.25, 0.3) is 6.08 Å². The van der Waals surface area contributed by atoms with Crippen molar-refractivity contribution in [1.82, 2.24) is 4.90 Å². The highest BCUT2D eigenvalue weighted by Gasteiger charge is 2.30. The standard InChI is InChI=1S/C30H31BrN4O3/c1-20(36)35-17-16-22(19-35)18-26(30(38)33-25-13-11-24(31)12-14-25)23-9-6-21(7-10-23)8-15-29(37)34-28-5-3-2-4-27(28)32/h2-15,22,26H,16-19,32H2,1H3,(H,33,38)(H,34,37). The highest BCUT2D eigenvalue weighted by Crippen LogP contribution is 2.31. The second-order valence-corrected chi connectivity index (χ2v) is 10.4. The molecule has 4 rings (SSSR count). The van der Waals surface area contributed by atoms with Crippen molar-refractivity contribution < 1.29 is 14.4 Å². The highest BCUT2D eigenvalue weighted by atomic mass is 79.9. The molecule has 38 heavy (non-hydrogen) atoms. The molecule has 1 fully saturated rings. The van der Waals surface area contributed by atoms with Crippen LogP contribution in [0.1, 0.15) is 36.8 Å². The normalized spacial score (nSPS) is 15.8. The monoisotopic (exact) mass is 574 g/mol. The average Bonchev–Trinajstić information content (AvgIpc) is 3.38. The molecule has 0 spiro atoms. The van der Waals surface area contributed by atoms with Crippen molar-refractivity contribution in [2.75, 3.05) is 29.5 Å². The summed E-state index contributed by atoms with van der Waals surface area (Å²) in [5.74, 6) is -0.434. The molecular formula is C30H31BrN4O3. The number of nitrogen functional groups attached to an aromatic ring is 1. The number of hydrogen-bond donors (Lipinski definition) is 3. The third-order valence-corrected chi connectivity index (χ3v) is 7.24. The van der Waals surface area contributed by atoms with Gasteiger partial charge in [-0.15, -0.1) is 0 Å².